The van der Waals surface area contributed by atoms with Gasteiger partial charge in [-0.3, -0.25) is 4.90 Å². The highest BCUT2D eigenvalue weighted by Crippen LogP contribution is 2.04. The molecule has 1 atom stereocenters. The predicted molar refractivity (Wildman–Crippen MR) is 59.7 cm³/mol. The lowest BCUT2D eigenvalue weighted by Crippen LogP contribution is -2.33. The third-order valence-electron chi connectivity index (χ3n) is 2.47. The van der Waals surface area contributed by atoms with E-state index < -0.39 is 0 Å². The maximum absolute atomic E-state index is 5.96. The zero-order valence-corrected chi connectivity index (χ0v) is 9.29. The molecule has 78 valence electrons. The summed E-state index contributed by atoms with van der Waals surface area (Å²) in [7, 11) is 0. The van der Waals surface area contributed by atoms with Gasteiger partial charge in [-0.05, 0) is 25.4 Å². The van der Waals surface area contributed by atoms with Crippen LogP contribution in [0.1, 0.15) is 27.2 Å². The Morgan fingerprint density at radius 2 is 2.08 bits per heavy atom. The molecule has 13 heavy (non-hydrogen) atoms. The van der Waals surface area contributed by atoms with Crippen LogP contribution in [0.2, 0.25) is 0 Å². The van der Waals surface area contributed by atoms with Crippen molar-refractivity contribution in [1.82, 2.24) is 4.90 Å². The Morgan fingerprint density at radius 3 is 2.46 bits per heavy atom. The van der Waals surface area contributed by atoms with Gasteiger partial charge in [0.05, 0.1) is 0 Å². The van der Waals surface area contributed by atoms with Crippen molar-refractivity contribution in [3.8, 4) is 0 Å². The fourth-order valence-electron chi connectivity index (χ4n) is 1.23. The van der Waals surface area contributed by atoms with Gasteiger partial charge in [0.15, 0.2) is 0 Å². The molecule has 0 bridgehead atoms. The van der Waals surface area contributed by atoms with Crippen LogP contribution in [0.5, 0.6) is 0 Å². The number of nitrogens with two attached hydrogens (primary N) is 1. The van der Waals surface area contributed by atoms with Gasteiger partial charge in [-0.25, -0.2) is 0 Å². The van der Waals surface area contributed by atoms with E-state index in [0.29, 0.717) is 12.0 Å². The van der Waals surface area contributed by atoms with Crippen molar-refractivity contribution in [2.45, 2.75) is 33.2 Å². The van der Waals surface area contributed by atoms with E-state index in [2.05, 4.69) is 32.3 Å². The molecule has 0 saturated carbocycles. The minimum atomic E-state index is 0.332. The minimum absolute atomic E-state index is 0.332. The van der Waals surface area contributed by atoms with Crippen LogP contribution in [0.3, 0.4) is 0 Å². The van der Waals surface area contributed by atoms with Gasteiger partial charge in [0.25, 0.3) is 0 Å². The van der Waals surface area contributed by atoms with Gasteiger partial charge in [0, 0.05) is 12.6 Å². The standard InChI is InChI=1S/C11H24N2/c1-5-8-13(6-2)9-7-11(12)10(3)4/h5,10-11H,1,6-9,12H2,2-4H3. The molecule has 1 unspecified atom stereocenters. The summed E-state index contributed by atoms with van der Waals surface area (Å²) in [6.45, 7) is 13.4. The highest BCUT2D eigenvalue weighted by atomic mass is 15.1. The monoisotopic (exact) mass is 184 g/mol. The number of rotatable bonds is 7. The van der Waals surface area contributed by atoms with Crippen molar-refractivity contribution in [3.63, 3.8) is 0 Å². The minimum Gasteiger partial charge on any atom is -0.327 e. The number of hydrogen-bond acceptors (Lipinski definition) is 2. The van der Waals surface area contributed by atoms with Crippen LogP contribution < -0.4 is 5.73 Å². The van der Waals surface area contributed by atoms with E-state index >= 15 is 0 Å². The van der Waals surface area contributed by atoms with Crippen LogP contribution in [0.15, 0.2) is 12.7 Å². The smallest absolute Gasteiger partial charge is 0.0160 e. The van der Waals surface area contributed by atoms with Crippen molar-refractivity contribution in [1.29, 1.82) is 0 Å². The normalized spacial score (nSPS) is 13.7. The van der Waals surface area contributed by atoms with Crippen molar-refractivity contribution < 1.29 is 0 Å². The zero-order valence-electron chi connectivity index (χ0n) is 9.29. The summed E-state index contributed by atoms with van der Waals surface area (Å²) < 4.78 is 0. The predicted octanol–water partition coefficient (Wildman–Crippen LogP) is 1.87. The molecular weight excluding hydrogens is 160 g/mol. The van der Waals surface area contributed by atoms with Gasteiger partial charge in [-0.15, -0.1) is 6.58 Å². The molecule has 0 spiro atoms. The van der Waals surface area contributed by atoms with E-state index in [9.17, 15) is 0 Å². The molecule has 0 fully saturated rings. The highest BCUT2D eigenvalue weighted by molar-refractivity contribution is 4.74. The summed E-state index contributed by atoms with van der Waals surface area (Å²) in [5.41, 5.74) is 5.96. The van der Waals surface area contributed by atoms with Crippen LogP contribution in [0.4, 0.5) is 0 Å². The van der Waals surface area contributed by atoms with Crippen LogP contribution in [0, 0.1) is 5.92 Å². The Kier molecular flexibility index (Phi) is 6.92. The Labute approximate surface area is 82.8 Å². The molecule has 0 aliphatic heterocycles. The average molecular weight is 184 g/mol. The summed E-state index contributed by atoms with van der Waals surface area (Å²) >= 11 is 0. The van der Waals surface area contributed by atoms with Gasteiger partial charge < -0.3 is 5.73 Å². The summed E-state index contributed by atoms with van der Waals surface area (Å²) in [5, 5.41) is 0. The molecule has 0 amide bonds. The van der Waals surface area contributed by atoms with E-state index in [4.69, 9.17) is 5.73 Å². The molecule has 0 heterocycles. The van der Waals surface area contributed by atoms with Crippen LogP contribution in [-0.2, 0) is 0 Å². The van der Waals surface area contributed by atoms with E-state index in [-0.39, 0.29) is 0 Å². The van der Waals surface area contributed by atoms with E-state index in [1.54, 1.807) is 0 Å². The summed E-state index contributed by atoms with van der Waals surface area (Å²) in [5.74, 6) is 0.586. The largest absolute Gasteiger partial charge is 0.327 e. The topological polar surface area (TPSA) is 29.3 Å². The number of nitrogens with zero attached hydrogens (tertiary/aromatic N) is 1. The van der Waals surface area contributed by atoms with E-state index in [0.717, 1.165) is 26.1 Å². The van der Waals surface area contributed by atoms with E-state index in [1.165, 1.54) is 0 Å². The second-order valence-electron chi connectivity index (χ2n) is 3.88. The first-order valence-corrected chi connectivity index (χ1v) is 5.20. The van der Waals surface area contributed by atoms with Crippen molar-refractivity contribution in [2.24, 2.45) is 11.7 Å². The SMILES string of the molecule is C=CCN(CC)CCC(N)C(C)C. The Morgan fingerprint density at radius 1 is 1.46 bits per heavy atom. The Balaban J connectivity index is 3.64. The maximum Gasteiger partial charge on any atom is 0.0160 e. The summed E-state index contributed by atoms with van der Waals surface area (Å²) in [4.78, 5) is 2.36. The number of hydrogen-bond donors (Lipinski definition) is 1. The second kappa shape index (κ2) is 7.10. The first kappa shape index (κ1) is 12.7. The van der Waals surface area contributed by atoms with Crippen molar-refractivity contribution in [2.75, 3.05) is 19.6 Å². The first-order valence-electron chi connectivity index (χ1n) is 5.20. The zero-order chi connectivity index (χ0) is 10.3. The lowest BCUT2D eigenvalue weighted by Gasteiger charge is -2.22. The molecule has 2 heteroatoms. The van der Waals surface area contributed by atoms with Crippen LogP contribution in [0.25, 0.3) is 0 Å². The van der Waals surface area contributed by atoms with Gasteiger partial charge in [-0.1, -0.05) is 26.8 Å². The molecule has 0 aromatic rings. The molecule has 0 aliphatic carbocycles. The van der Waals surface area contributed by atoms with Gasteiger partial charge >= 0.3 is 0 Å². The Bertz CT molecular complexity index is 132. The maximum atomic E-state index is 5.96. The van der Waals surface area contributed by atoms with E-state index in [1.807, 2.05) is 6.08 Å². The summed E-state index contributed by atoms with van der Waals surface area (Å²) in [6.07, 6.45) is 3.03. The Hall–Kier alpha value is -0.340. The van der Waals surface area contributed by atoms with Crippen molar-refractivity contribution >= 4 is 0 Å². The molecule has 0 saturated heterocycles. The fourth-order valence-corrected chi connectivity index (χ4v) is 1.23. The van der Waals surface area contributed by atoms with Gasteiger partial charge in [0.2, 0.25) is 0 Å². The van der Waals surface area contributed by atoms with Gasteiger partial charge in [0.1, 0.15) is 0 Å². The molecule has 0 aromatic heterocycles. The van der Waals surface area contributed by atoms with Crippen molar-refractivity contribution in [3.05, 3.63) is 12.7 Å². The highest BCUT2D eigenvalue weighted by Gasteiger charge is 2.08. The van der Waals surface area contributed by atoms with Crippen LogP contribution >= 0.6 is 0 Å². The quantitative estimate of drug-likeness (QED) is 0.612. The molecule has 2 nitrogen and oxygen atoms in total. The molecule has 2 N–H and O–H groups in total. The summed E-state index contributed by atoms with van der Waals surface area (Å²) in [6, 6.07) is 0.332. The first-order chi connectivity index (χ1) is 6.11. The molecular formula is C11H24N2. The van der Waals surface area contributed by atoms with Crippen LogP contribution in [-0.4, -0.2) is 30.6 Å². The fraction of sp³-hybridized carbons (Fsp3) is 0.818. The molecule has 0 rings (SSSR count). The lowest BCUT2D eigenvalue weighted by molar-refractivity contribution is 0.290. The third kappa shape index (κ3) is 5.83. The third-order valence-corrected chi connectivity index (χ3v) is 2.47. The van der Waals surface area contributed by atoms with Gasteiger partial charge in [-0.2, -0.15) is 0 Å². The average Bonchev–Trinajstić information content (AvgIpc) is 2.11. The second-order valence-corrected chi connectivity index (χ2v) is 3.88. The molecule has 0 aliphatic rings. The lowest BCUT2D eigenvalue weighted by atomic mass is 10.0. The molecule has 0 aromatic carbocycles. The molecule has 0 radical (unpaired) electrons. The number of likely N-dealkylation sites (N-methyl/N-ethyl adjacent to an activating group) is 1.